The third-order valence-corrected chi connectivity index (χ3v) is 18.0. The molecule has 0 radical (unpaired) electrons. The quantitative estimate of drug-likeness (QED) is 0.0195. The summed E-state index contributed by atoms with van der Waals surface area (Å²) in [7, 11) is 0. The van der Waals surface area contributed by atoms with E-state index in [1.165, 1.54) is 205 Å². The maximum atomic E-state index is 13.5. The van der Waals surface area contributed by atoms with Crippen molar-refractivity contribution in [2.45, 2.75) is 397 Å². The first-order valence-corrected chi connectivity index (χ1v) is 39.0. The Bertz CT molecular complexity index is 1890. The molecule has 0 aliphatic carbocycles. The van der Waals surface area contributed by atoms with Crippen LogP contribution >= 0.6 is 0 Å². The summed E-state index contributed by atoms with van der Waals surface area (Å²) < 4.78 is 17.8. The fraction of sp³-hybridized carbons (Fsp3) is 0.780. The Balaban J connectivity index is 2.54. The third kappa shape index (κ3) is 55.3. The third-order valence-electron chi connectivity index (χ3n) is 18.0. The summed E-state index contributed by atoms with van der Waals surface area (Å²) >= 11 is 0. The van der Waals surface area contributed by atoms with E-state index in [2.05, 4.69) is 111 Å². The van der Waals surface area contributed by atoms with Gasteiger partial charge in [0, 0.05) is 6.42 Å². The Hall–Kier alpha value is -3.42. The molecule has 1 aliphatic rings. The summed E-state index contributed by atoms with van der Waals surface area (Å²) in [5, 5.41) is 57.4. The molecule has 0 aromatic carbocycles. The van der Waals surface area contributed by atoms with Crippen LogP contribution in [0, 0.1) is 0 Å². The fourth-order valence-electron chi connectivity index (χ4n) is 11.8. The molecular formula is C82H145NO10. The van der Waals surface area contributed by atoms with Gasteiger partial charge < -0.3 is 45.1 Å². The lowest BCUT2D eigenvalue weighted by Crippen LogP contribution is -2.61. The minimum absolute atomic E-state index is 0.119. The molecule has 8 unspecified atom stereocenters. The number of aliphatic hydroxyl groups excluding tert-OH is 5. The summed E-state index contributed by atoms with van der Waals surface area (Å²) in [6.45, 7) is 5.78. The van der Waals surface area contributed by atoms with Crippen LogP contribution in [0.3, 0.4) is 0 Å². The van der Waals surface area contributed by atoms with Gasteiger partial charge in [0.25, 0.3) is 0 Å². The molecule has 1 rings (SSSR count). The van der Waals surface area contributed by atoms with Crippen molar-refractivity contribution < 1.29 is 49.3 Å². The number of unbranched alkanes of at least 4 members (excludes halogenated alkanes) is 39. The van der Waals surface area contributed by atoms with Crippen molar-refractivity contribution in [1.29, 1.82) is 0 Å². The Morgan fingerprint density at radius 3 is 1.13 bits per heavy atom. The molecule has 1 heterocycles. The van der Waals surface area contributed by atoms with Gasteiger partial charge in [0.2, 0.25) is 5.91 Å². The molecular weight excluding hydrogens is 1160 g/mol. The highest BCUT2D eigenvalue weighted by Gasteiger charge is 2.47. The molecule has 6 N–H and O–H groups in total. The van der Waals surface area contributed by atoms with Crippen molar-refractivity contribution >= 4 is 11.9 Å². The van der Waals surface area contributed by atoms with E-state index in [4.69, 9.17) is 14.2 Å². The standard InChI is InChI=1S/C82H145NO10/c1-4-7-10-13-16-19-22-25-27-29-31-33-35-37-38-39-41-43-45-47-49-52-55-58-61-64-67-70-77(87)93-80-79(89)78(88)76(71-84)92-82(80)91-72-73(74(85)68-65-62-59-56-53-50-24-21-18-15-12-9-6-3)83-81(90)75(86)69-66-63-60-57-54-51-48-46-44-42-40-36-34-32-30-28-26-23-20-17-14-11-8-5-2/h16-17,19-20,25-28,31-34,40,42,65,68,73-76,78-80,82,84-86,88-89H,4-15,18,21-24,29-30,35-39,41,43-64,66-67,69-72H2,1-3H3,(H,83,90)/b19-16-,20-17-,27-25-,28-26-,33-31-,34-32-,42-40-,68-65+. The van der Waals surface area contributed by atoms with E-state index >= 15 is 0 Å². The predicted octanol–water partition coefficient (Wildman–Crippen LogP) is 21.0. The van der Waals surface area contributed by atoms with Crippen molar-refractivity contribution in [2.24, 2.45) is 0 Å². The normalized spacial score (nSPS) is 18.4. The minimum atomic E-state index is -1.62. The van der Waals surface area contributed by atoms with Crippen LogP contribution in [0.4, 0.5) is 0 Å². The van der Waals surface area contributed by atoms with Crippen molar-refractivity contribution in [2.75, 3.05) is 13.2 Å². The second-order valence-corrected chi connectivity index (χ2v) is 26.7. The van der Waals surface area contributed by atoms with Crippen LogP contribution in [0.1, 0.15) is 348 Å². The van der Waals surface area contributed by atoms with Crippen LogP contribution < -0.4 is 5.32 Å². The van der Waals surface area contributed by atoms with Gasteiger partial charge in [-0.25, -0.2) is 0 Å². The number of allylic oxidation sites excluding steroid dienone is 15. The molecule has 93 heavy (non-hydrogen) atoms. The monoisotopic (exact) mass is 1300 g/mol. The minimum Gasteiger partial charge on any atom is -0.454 e. The van der Waals surface area contributed by atoms with Crippen LogP contribution in [-0.4, -0.2) is 99.6 Å². The molecule has 0 aromatic rings. The van der Waals surface area contributed by atoms with E-state index < -0.39 is 67.4 Å². The van der Waals surface area contributed by atoms with E-state index in [-0.39, 0.29) is 19.4 Å². The maximum Gasteiger partial charge on any atom is 0.306 e. The summed E-state index contributed by atoms with van der Waals surface area (Å²) in [4.78, 5) is 26.8. The predicted molar refractivity (Wildman–Crippen MR) is 393 cm³/mol. The topological polar surface area (TPSA) is 175 Å². The lowest BCUT2D eigenvalue weighted by atomic mass is 9.99. The van der Waals surface area contributed by atoms with Crippen LogP contribution in [0.5, 0.6) is 0 Å². The molecule has 1 saturated heterocycles. The van der Waals surface area contributed by atoms with E-state index in [1.54, 1.807) is 6.08 Å². The number of ether oxygens (including phenoxy) is 3. The van der Waals surface area contributed by atoms with E-state index in [9.17, 15) is 35.1 Å². The highest BCUT2D eigenvalue weighted by molar-refractivity contribution is 5.80. The zero-order chi connectivity index (χ0) is 67.4. The van der Waals surface area contributed by atoms with E-state index in [1.807, 2.05) is 6.08 Å². The van der Waals surface area contributed by atoms with Gasteiger partial charge in [-0.05, 0) is 109 Å². The maximum absolute atomic E-state index is 13.5. The van der Waals surface area contributed by atoms with Crippen molar-refractivity contribution in [3.63, 3.8) is 0 Å². The second-order valence-electron chi connectivity index (χ2n) is 26.7. The summed E-state index contributed by atoms with van der Waals surface area (Å²) in [5.74, 6) is -1.19. The van der Waals surface area contributed by atoms with Gasteiger partial charge in [0.15, 0.2) is 12.4 Å². The highest BCUT2D eigenvalue weighted by atomic mass is 16.7. The first kappa shape index (κ1) is 87.6. The number of carbonyl (C=O) groups excluding carboxylic acids is 2. The van der Waals surface area contributed by atoms with Crippen molar-refractivity contribution in [3.8, 4) is 0 Å². The van der Waals surface area contributed by atoms with Gasteiger partial charge in [-0.1, -0.05) is 330 Å². The second kappa shape index (κ2) is 68.5. The van der Waals surface area contributed by atoms with Gasteiger partial charge >= 0.3 is 5.97 Å². The number of amides is 1. The molecule has 8 atom stereocenters. The number of hydrogen-bond donors (Lipinski definition) is 6. The first-order valence-electron chi connectivity index (χ1n) is 39.0. The van der Waals surface area contributed by atoms with Gasteiger partial charge in [0.1, 0.15) is 24.4 Å². The lowest BCUT2D eigenvalue weighted by Gasteiger charge is -2.41. The van der Waals surface area contributed by atoms with Crippen molar-refractivity contribution in [3.05, 3.63) is 97.2 Å². The molecule has 0 aromatic heterocycles. The summed E-state index contributed by atoms with van der Waals surface area (Å²) in [6.07, 6.45) is 83.0. The molecule has 1 aliphatic heterocycles. The molecule has 0 spiro atoms. The zero-order valence-corrected chi connectivity index (χ0v) is 60.1. The largest absolute Gasteiger partial charge is 0.454 e. The van der Waals surface area contributed by atoms with E-state index in [0.717, 1.165) is 96.3 Å². The molecule has 11 nitrogen and oxygen atoms in total. The van der Waals surface area contributed by atoms with Crippen LogP contribution in [0.15, 0.2) is 97.2 Å². The molecule has 0 saturated carbocycles. The molecule has 1 fully saturated rings. The fourth-order valence-corrected chi connectivity index (χ4v) is 11.8. The molecule has 1 amide bonds. The Morgan fingerprint density at radius 1 is 0.419 bits per heavy atom. The molecule has 538 valence electrons. The smallest absolute Gasteiger partial charge is 0.306 e. The van der Waals surface area contributed by atoms with Crippen molar-refractivity contribution in [1.82, 2.24) is 5.32 Å². The van der Waals surface area contributed by atoms with Crippen LogP contribution in [0.25, 0.3) is 0 Å². The summed E-state index contributed by atoms with van der Waals surface area (Å²) in [6, 6.07) is -1.03. The van der Waals surface area contributed by atoms with Gasteiger partial charge in [0.05, 0.1) is 25.4 Å². The van der Waals surface area contributed by atoms with Gasteiger partial charge in [-0.3, -0.25) is 9.59 Å². The number of aliphatic hydroxyl groups is 5. The molecule has 0 bridgehead atoms. The Kier molecular flexibility index (Phi) is 64.5. The number of hydrogen-bond acceptors (Lipinski definition) is 10. The SMILES string of the molecule is CCCCC/C=C\C/C=C\C/C=C\C/C=C\CCCCCCCCCCC(O)C(=O)NC(COC1OC(CO)C(O)C(O)C1OC(=O)CCCCCCCCCCCCCCCC/C=C\C/C=C\C/C=C\CCCCC)C(O)/C=C/CCCCCCCCCCCCC. The van der Waals surface area contributed by atoms with Gasteiger partial charge in [-0.2, -0.15) is 0 Å². The Morgan fingerprint density at radius 2 is 0.742 bits per heavy atom. The summed E-state index contributed by atoms with van der Waals surface area (Å²) in [5.41, 5.74) is 0. The first-order chi connectivity index (χ1) is 45.7. The van der Waals surface area contributed by atoms with Crippen LogP contribution in [0.2, 0.25) is 0 Å². The average molecular weight is 1310 g/mol. The number of esters is 1. The number of carbonyl (C=O) groups is 2. The number of nitrogens with one attached hydrogen (secondary N) is 1. The Labute approximate surface area is 571 Å². The van der Waals surface area contributed by atoms with Gasteiger partial charge in [-0.15, -0.1) is 0 Å². The van der Waals surface area contributed by atoms with E-state index in [0.29, 0.717) is 12.8 Å². The van der Waals surface area contributed by atoms with Crippen LogP contribution in [-0.2, 0) is 23.8 Å². The lowest BCUT2D eigenvalue weighted by molar-refractivity contribution is -0.305. The molecule has 11 heteroatoms. The highest BCUT2D eigenvalue weighted by Crippen LogP contribution is 2.26. The average Bonchev–Trinajstić information content (AvgIpc) is 0.918. The zero-order valence-electron chi connectivity index (χ0n) is 60.1. The number of rotatable bonds is 67.